The number of carbonyl (C=O) groups is 2. The molecule has 0 radical (unpaired) electrons. The Hall–Kier alpha value is -1.85. The summed E-state index contributed by atoms with van der Waals surface area (Å²) < 4.78 is 5.68. The standard InChI is InChI=1S/C18H20ClNO3S/c1-12(8-9-14-6-4-3-5-7-14)20-17(21)13(2)23-18(22)15-10-11-16(19)24-15/h3-7,10-13H,8-9H2,1-2H3,(H,20,21)/t12-,13-/m0/s1. The lowest BCUT2D eigenvalue weighted by Crippen LogP contribution is -2.40. The Morgan fingerprint density at radius 1 is 1.17 bits per heavy atom. The Morgan fingerprint density at radius 3 is 2.50 bits per heavy atom. The molecule has 0 aliphatic carbocycles. The molecule has 1 aromatic heterocycles. The lowest BCUT2D eigenvalue weighted by atomic mass is 10.1. The quantitative estimate of drug-likeness (QED) is 0.752. The highest BCUT2D eigenvalue weighted by Crippen LogP contribution is 2.22. The molecule has 0 unspecified atom stereocenters. The molecular formula is C18H20ClNO3S. The molecule has 0 aliphatic heterocycles. The zero-order chi connectivity index (χ0) is 17.5. The van der Waals surface area contributed by atoms with Gasteiger partial charge in [0.25, 0.3) is 5.91 Å². The largest absolute Gasteiger partial charge is 0.448 e. The van der Waals surface area contributed by atoms with E-state index in [2.05, 4.69) is 17.4 Å². The van der Waals surface area contributed by atoms with E-state index in [1.165, 1.54) is 5.56 Å². The highest BCUT2D eigenvalue weighted by atomic mass is 35.5. The van der Waals surface area contributed by atoms with E-state index in [0.29, 0.717) is 9.21 Å². The van der Waals surface area contributed by atoms with Crippen LogP contribution in [-0.4, -0.2) is 24.0 Å². The Kier molecular flexibility index (Phi) is 6.82. The van der Waals surface area contributed by atoms with Gasteiger partial charge in [-0.15, -0.1) is 11.3 Å². The first-order valence-corrected chi connectivity index (χ1v) is 8.95. The Morgan fingerprint density at radius 2 is 1.88 bits per heavy atom. The number of esters is 1. The van der Waals surface area contributed by atoms with Crippen molar-refractivity contribution >= 4 is 34.8 Å². The van der Waals surface area contributed by atoms with Gasteiger partial charge in [0.05, 0.1) is 4.34 Å². The molecule has 1 amide bonds. The first-order chi connectivity index (χ1) is 11.5. The second kappa shape index (κ2) is 8.85. The minimum absolute atomic E-state index is 0.00459. The zero-order valence-corrected chi connectivity index (χ0v) is 15.2. The van der Waals surface area contributed by atoms with E-state index < -0.39 is 12.1 Å². The third-order valence-corrected chi connectivity index (χ3v) is 4.74. The highest BCUT2D eigenvalue weighted by Gasteiger charge is 2.21. The van der Waals surface area contributed by atoms with Crippen LogP contribution in [0.1, 0.15) is 35.5 Å². The summed E-state index contributed by atoms with van der Waals surface area (Å²) >= 11 is 6.92. The molecule has 0 aliphatic rings. The number of hydrogen-bond acceptors (Lipinski definition) is 4. The van der Waals surface area contributed by atoms with Crippen molar-refractivity contribution in [3.63, 3.8) is 0 Å². The Bertz CT molecular complexity index is 687. The van der Waals surface area contributed by atoms with Gasteiger partial charge in [-0.3, -0.25) is 4.79 Å². The van der Waals surface area contributed by atoms with Crippen molar-refractivity contribution in [2.24, 2.45) is 0 Å². The lowest BCUT2D eigenvalue weighted by Gasteiger charge is -2.17. The maximum absolute atomic E-state index is 12.1. The van der Waals surface area contributed by atoms with Gasteiger partial charge in [-0.2, -0.15) is 0 Å². The summed E-state index contributed by atoms with van der Waals surface area (Å²) in [4.78, 5) is 24.4. The van der Waals surface area contributed by atoms with Crippen molar-refractivity contribution in [2.75, 3.05) is 0 Å². The summed E-state index contributed by atoms with van der Waals surface area (Å²) in [7, 11) is 0. The predicted octanol–water partition coefficient (Wildman–Crippen LogP) is 4.08. The normalized spacial score (nSPS) is 13.1. The molecule has 4 nitrogen and oxygen atoms in total. The fourth-order valence-corrected chi connectivity index (χ4v) is 3.08. The molecule has 0 saturated heterocycles. The average molecular weight is 366 g/mol. The van der Waals surface area contributed by atoms with Crippen molar-refractivity contribution in [1.82, 2.24) is 5.32 Å². The van der Waals surface area contributed by atoms with Crippen molar-refractivity contribution in [3.05, 3.63) is 57.2 Å². The van der Waals surface area contributed by atoms with Gasteiger partial charge in [-0.1, -0.05) is 41.9 Å². The monoisotopic (exact) mass is 365 g/mol. The number of amides is 1. The van der Waals surface area contributed by atoms with E-state index in [1.807, 2.05) is 25.1 Å². The average Bonchev–Trinajstić information content (AvgIpc) is 3.00. The van der Waals surface area contributed by atoms with Gasteiger partial charge < -0.3 is 10.1 Å². The van der Waals surface area contributed by atoms with Crippen LogP contribution >= 0.6 is 22.9 Å². The van der Waals surface area contributed by atoms with E-state index in [-0.39, 0.29) is 11.9 Å². The van der Waals surface area contributed by atoms with Crippen LogP contribution < -0.4 is 5.32 Å². The number of carbonyl (C=O) groups excluding carboxylic acids is 2. The molecule has 128 valence electrons. The van der Waals surface area contributed by atoms with E-state index in [4.69, 9.17) is 16.3 Å². The van der Waals surface area contributed by atoms with Crippen LogP contribution in [0.15, 0.2) is 42.5 Å². The Balaban J connectivity index is 1.77. The number of halogens is 1. The molecule has 2 atom stereocenters. The third-order valence-electron chi connectivity index (χ3n) is 3.52. The second-order valence-electron chi connectivity index (χ2n) is 5.59. The number of aryl methyl sites for hydroxylation is 1. The number of benzene rings is 1. The molecule has 1 heterocycles. The van der Waals surface area contributed by atoms with Crippen LogP contribution in [0.4, 0.5) is 0 Å². The van der Waals surface area contributed by atoms with E-state index >= 15 is 0 Å². The number of ether oxygens (including phenoxy) is 1. The van der Waals surface area contributed by atoms with Crippen LogP contribution in [0.25, 0.3) is 0 Å². The number of hydrogen-bond donors (Lipinski definition) is 1. The maximum Gasteiger partial charge on any atom is 0.349 e. The summed E-state index contributed by atoms with van der Waals surface area (Å²) in [6.45, 7) is 3.50. The third kappa shape index (κ3) is 5.65. The van der Waals surface area contributed by atoms with E-state index in [9.17, 15) is 9.59 Å². The van der Waals surface area contributed by atoms with Gasteiger partial charge in [0, 0.05) is 6.04 Å². The predicted molar refractivity (Wildman–Crippen MR) is 96.6 cm³/mol. The molecule has 1 N–H and O–H groups in total. The SMILES string of the molecule is C[C@H](OC(=O)c1ccc(Cl)s1)C(=O)N[C@@H](C)CCc1ccccc1. The number of thiophene rings is 1. The van der Waals surface area contributed by atoms with Crippen molar-refractivity contribution in [1.29, 1.82) is 0 Å². The van der Waals surface area contributed by atoms with E-state index in [0.717, 1.165) is 24.2 Å². The maximum atomic E-state index is 12.1. The van der Waals surface area contributed by atoms with Crippen LogP contribution in [0.2, 0.25) is 4.34 Å². The van der Waals surface area contributed by atoms with Crippen LogP contribution in [-0.2, 0) is 16.0 Å². The summed E-state index contributed by atoms with van der Waals surface area (Å²) in [5.74, 6) is -0.835. The van der Waals surface area contributed by atoms with Gasteiger partial charge in [0.15, 0.2) is 6.10 Å². The highest BCUT2D eigenvalue weighted by molar-refractivity contribution is 7.17. The number of rotatable bonds is 7. The molecule has 0 bridgehead atoms. The Labute approximate surface area is 150 Å². The van der Waals surface area contributed by atoms with Crippen molar-refractivity contribution in [2.45, 2.75) is 38.8 Å². The first-order valence-electron chi connectivity index (χ1n) is 7.76. The van der Waals surface area contributed by atoms with Crippen molar-refractivity contribution < 1.29 is 14.3 Å². The molecule has 2 aromatic rings. The van der Waals surface area contributed by atoms with E-state index in [1.54, 1.807) is 19.1 Å². The minimum atomic E-state index is -0.849. The lowest BCUT2D eigenvalue weighted by molar-refractivity contribution is -0.129. The molecule has 1 aromatic carbocycles. The van der Waals surface area contributed by atoms with Gasteiger partial charge in [0.2, 0.25) is 0 Å². The molecule has 24 heavy (non-hydrogen) atoms. The summed E-state index contributed by atoms with van der Waals surface area (Å²) in [5, 5.41) is 2.87. The summed E-state index contributed by atoms with van der Waals surface area (Å²) in [5.41, 5.74) is 1.23. The smallest absolute Gasteiger partial charge is 0.349 e. The summed E-state index contributed by atoms with van der Waals surface area (Å²) in [6, 6.07) is 13.3. The molecule has 0 fully saturated rings. The molecule has 6 heteroatoms. The minimum Gasteiger partial charge on any atom is -0.448 e. The van der Waals surface area contributed by atoms with Crippen molar-refractivity contribution in [3.8, 4) is 0 Å². The first kappa shape index (κ1) is 18.5. The van der Waals surface area contributed by atoms with Gasteiger partial charge in [-0.05, 0) is 44.4 Å². The second-order valence-corrected chi connectivity index (χ2v) is 7.30. The molecule has 0 saturated carbocycles. The fourth-order valence-electron chi connectivity index (χ4n) is 2.16. The topological polar surface area (TPSA) is 55.4 Å². The summed E-state index contributed by atoms with van der Waals surface area (Å²) in [6.07, 6.45) is 0.846. The number of nitrogens with one attached hydrogen (secondary N) is 1. The fraction of sp³-hybridized carbons (Fsp3) is 0.333. The van der Waals surface area contributed by atoms with Gasteiger partial charge in [-0.25, -0.2) is 4.79 Å². The van der Waals surface area contributed by atoms with Gasteiger partial charge in [0.1, 0.15) is 4.88 Å². The van der Waals surface area contributed by atoms with Gasteiger partial charge >= 0.3 is 5.97 Å². The zero-order valence-electron chi connectivity index (χ0n) is 13.6. The van der Waals surface area contributed by atoms with Crippen LogP contribution in [0, 0.1) is 0 Å². The molecule has 2 rings (SSSR count). The molecular weight excluding hydrogens is 346 g/mol. The van der Waals surface area contributed by atoms with Crippen LogP contribution in [0.5, 0.6) is 0 Å². The molecule has 0 spiro atoms. The van der Waals surface area contributed by atoms with Crippen LogP contribution in [0.3, 0.4) is 0 Å².